The summed E-state index contributed by atoms with van der Waals surface area (Å²) < 4.78 is 6.98. The Hall–Kier alpha value is -3.48. The van der Waals surface area contributed by atoms with E-state index >= 15 is 0 Å². The lowest BCUT2D eigenvalue weighted by Crippen LogP contribution is -2.37. The van der Waals surface area contributed by atoms with Crippen molar-refractivity contribution in [3.8, 4) is 0 Å². The zero-order chi connectivity index (χ0) is 21.1. The highest BCUT2D eigenvalue weighted by Gasteiger charge is 2.23. The Bertz CT molecular complexity index is 1120. The quantitative estimate of drug-likeness (QED) is 0.623. The molecule has 1 heterocycles. The van der Waals surface area contributed by atoms with Gasteiger partial charge in [-0.15, -0.1) is 0 Å². The van der Waals surface area contributed by atoms with Gasteiger partial charge in [-0.1, -0.05) is 18.2 Å². The number of nitrogens with zero attached hydrogens (tertiary/aromatic N) is 3. The minimum absolute atomic E-state index is 0.154. The summed E-state index contributed by atoms with van der Waals surface area (Å²) in [5, 5.41) is 0. The van der Waals surface area contributed by atoms with Gasteiger partial charge in [-0.3, -0.25) is 9.59 Å². The number of ether oxygens (including phenoxy) is 1. The molecule has 0 aliphatic rings. The molecule has 1 aromatic heterocycles. The summed E-state index contributed by atoms with van der Waals surface area (Å²) in [4.78, 5) is 43.1. The van der Waals surface area contributed by atoms with Gasteiger partial charge >= 0.3 is 5.97 Å². The highest BCUT2D eigenvalue weighted by Crippen LogP contribution is 2.17. The minimum Gasteiger partial charge on any atom is -0.449 e. The number of likely N-dealkylation sites (N-methyl/N-ethyl adjacent to an activating group) is 1. The van der Waals surface area contributed by atoms with E-state index in [2.05, 4.69) is 4.98 Å². The SMILES string of the molecule is CCn1c(=O)c(C)nc2cc(C(=O)OC(C)C(=O)N(C)c3ccccc3)ccc21. The minimum atomic E-state index is -0.956. The number of aromatic nitrogens is 2. The number of fused-ring (bicyclic) bond motifs is 1. The topological polar surface area (TPSA) is 81.5 Å². The largest absolute Gasteiger partial charge is 0.449 e. The van der Waals surface area contributed by atoms with Crippen LogP contribution in [-0.4, -0.2) is 34.6 Å². The van der Waals surface area contributed by atoms with Crippen LogP contribution in [0.1, 0.15) is 29.9 Å². The molecule has 0 bridgehead atoms. The van der Waals surface area contributed by atoms with Gasteiger partial charge in [0, 0.05) is 19.3 Å². The molecule has 3 rings (SSSR count). The zero-order valence-corrected chi connectivity index (χ0v) is 16.9. The standard InChI is InChI=1S/C22H23N3O4/c1-5-25-19-12-11-16(13-18(19)23-14(2)20(25)26)22(28)29-15(3)21(27)24(4)17-9-7-6-8-10-17/h6-13,15H,5H2,1-4H3. The van der Waals surface area contributed by atoms with Crippen LogP contribution in [0.15, 0.2) is 53.3 Å². The number of hydrogen-bond donors (Lipinski definition) is 0. The number of amides is 1. The van der Waals surface area contributed by atoms with Crippen LogP contribution in [0.2, 0.25) is 0 Å². The second-order valence-corrected chi connectivity index (χ2v) is 6.73. The Morgan fingerprint density at radius 1 is 1.17 bits per heavy atom. The highest BCUT2D eigenvalue weighted by atomic mass is 16.5. The molecule has 1 unspecified atom stereocenters. The second-order valence-electron chi connectivity index (χ2n) is 6.73. The van der Waals surface area contributed by atoms with Crippen molar-refractivity contribution >= 4 is 28.6 Å². The smallest absolute Gasteiger partial charge is 0.338 e. The van der Waals surface area contributed by atoms with E-state index in [0.717, 1.165) is 0 Å². The molecule has 0 spiro atoms. The van der Waals surface area contributed by atoms with Crippen molar-refractivity contribution in [1.29, 1.82) is 0 Å². The summed E-state index contributed by atoms with van der Waals surface area (Å²) >= 11 is 0. The fourth-order valence-corrected chi connectivity index (χ4v) is 3.15. The van der Waals surface area contributed by atoms with Crippen LogP contribution < -0.4 is 10.5 Å². The molecule has 0 aliphatic heterocycles. The predicted octanol–water partition coefficient (Wildman–Crippen LogP) is 2.93. The van der Waals surface area contributed by atoms with Crippen molar-refractivity contribution in [3.05, 3.63) is 70.1 Å². The van der Waals surface area contributed by atoms with E-state index in [1.165, 1.54) is 11.8 Å². The first-order chi connectivity index (χ1) is 13.8. The molecule has 1 amide bonds. The molecular weight excluding hydrogens is 370 g/mol. The maximum Gasteiger partial charge on any atom is 0.338 e. The molecule has 0 saturated heterocycles. The van der Waals surface area contributed by atoms with Gasteiger partial charge in [0.1, 0.15) is 5.69 Å². The average molecular weight is 393 g/mol. The number of anilines is 1. The molecular formula is C22H23N3O4. The van der Waals surface area contributed by atoms with Gasteiger partial charge < -0.3 is 14.2 Å². The van der Waals surface area contributed by atoms with E-state index in [1.54, 1.807) is 48.9 Å². The molecule has 1 atom stereocenters. The van der Waals surface area contributed by atoms with Gasteiger partial charge in [-0.25, -0.2) is 9.78 Å². The molecule has 0 N–H and O–H groups in total. The number of esters is 1. The number of carbonyl (C=O) groups excluding carboxylic acids is 2. The maximum atomic E-state index is 12.6. The average Bonchev–Trinajstić information content (AvgIpc) is 2.73. The van der Waals surface area contributed by atoms with E-state index in [-0.39, 0.29) is 17.0 Å². The summed E-state index contributed by atoms with van der Waals surface area (Å²) in [6, 6.07) is 13.9. The molecule has 0 radical (unpaired) electrons. The summed E-state index contributed by atoms with van der Waals surface area (Å²) in [7, 11) is 1.63. The molecule has 0 saturated carbocycles. The lowest BCUT2D eigenvalue weighted by molar-refractivity contribution is -0.126. The van der Waals surface area contributed by atoms with Gasteiger partial charge in [-0.2, -0.15) is 0 Å². The van der Waals surface area contributed by atoms with Crippen LogP contribution in [0, 0.1) is 6.92 Å². The Morgan fingerprint density at radius 2 is 1.86 bits per heavy atom. The lowest BCUT2D eigenvalue weighted by atomic mass is 10.2. The van der Waals surface area contributed by atoms with Crippen LogP contribution >= 0.6 is 0 Å². The summed E-state index contributed by atoms with van der Waals surface area (Å²) in [6.45, 7) is 5.55. The molecule has 2 aromatic carbocycles. The first kappa shape index (κ1) is 20.3. The number of carbonyl (C=O) groups is 2. The first-order valence-corrected chi connectivity index (χ1v) is 9.38. The molecule has 3 aromatic rings. The van der Waals surface area contributed by atoms with Crippen molar-refractivity contribution in [3.63, 3.8) is 0 Å². The number of aryl methyl sites for hydroxylation is 2. The third-order valence-electron chi connectivity index (χ3n) is 4.77. The van der Waals surface area contributed by atoms with Gasteiger partial charge in [0.25, 0.3) is 11.5 Å². The van der Waals surface area contributed by atoms with E-state index in [9.17, 15) is 14.4 Å². The predicted molar refractivity (Wildman–Crippen MR) is 111 cm³/mol. The highest BCUT2D eigenvalue weighted by molar-refractivity contribution is 5.99. The van der Waals surface area contributed by atoms with Crippen LogP contribution in [0.3, 0.4) is 0 Å². The van der Waals surface area contributed by atoms with E-state index in [0.29, 0.717) is 29.0 Å². The van der Waals surface area contributed by atoms with Gasteiger partial charge in [0.15, 0.2) is 6.10 Å². The Morgan fingerprint density at radius 3 is 2.52 bits per heavy atom. The van der Waals surface area contributed by atoms with Gasteiger partial charge in [-0.05, 0) is 51.1 Å². The number of para-hydroxylation sites is 1. The van der Waals surface area contributed by atoms with Gasteiger partial charge in [0.05, 0.1) is 16.6 Å². The Balaban J connectivity index is 1.81. The molecule has 7 heteroatoms. The summed E-state index contributed by atoms with van der Waals surface area (Å²) in [5.41, 5.74) is 2.36. The zero-order valence-electron chi connectivity index (χ0n) is 16.9. The van der Waals surface area contributed by atoms with E-state index in [1.807, 2.05) is 25.1 Å². The third-order valence-corrected chi connectivity index (χ3v) is 4.77. The molecule has 7 nitrogen and oxygen atoms in total. The fourth-order valence-electron chi connectivity index (χ4n) is 3.15. The number of benzene rings is 2. The maximum absolute atomic E-state index is 12.6. The van der Waals surface area contributed by atoms with E-state index < -0.39 is 12.1 Å². The van der Waals surface area contributed by atoms with Crippen LogP contribution in [0.25, 0.3) is 11.0 Å². The Kier molecular flexibility index (Phi) is 5.77. The van der Waals surface area contributed by atoms with E-state index in [4.69, 9.17) is 4.74 Å². The number of hydrogen-bond acceptors (Lipinski definition) is 5. The van der Waals surface area contributed by atoms with Crippen LogP contribution in [0.5, 0.6) is 0 Å². The van der Waals surface area contributed by atoms with Crippen LogP contribution in [0.4, 0.5) is 5.69 Å². The number of rotatable bonds is 5. The van der Waals surface area contributed by atoms with Crippen molar-refractivity contribution < 1.29 is 14.3 Å². The molecule has 150 valence electrons. The second kappa shape index (κ2) is 8.26. The molecule has 0 fully saturated rings. The lowest BCUT2D eigenvalue weighted by Gasteiger charge is -2.21. The van der Waals surface area contributed by atoms with Crippen LogP contribution in [-0.2, 0) is 16.1 Å². The Labute approximate surface area is 168 Å². The summed E-state index contributed by atoms with van der Waals surface area (Å²) in [5.74, 6) is -0.956. The van der Waals surface area contributed by atoms with Crippen molar-refractivity contribution in [2.24, 2.45) is 0 Å². The summed E-state index contributed by atoms with van der Waals surface area (Å²) in [6.07, 6.45) is -0.956. The fraction of sp³-hybridized carbons (Fsp3) is 0.273. The normalized spacial score (nSPS) is 11.9. The van der Waals surface area contributed by atoms with Crippen molar-refractivity contribution in [1.82, 2.24) is 9.55 Å². The first-order valence-electron chi connectivity index (χ1n) is 9.38. The van der Waals surface area contributed by atoms with Crippen molar-refractivity contribution in [2.75, 3.05) is 11.9 Å². The molecule has 29 heavy (non-hydrogen) atoms. The van der Waals surface area contributed by atoms with Gasteiger partial charge in [0.2, 0.25) is 0 Å². The third kappa shape index (κ3) is 4.03. The van der Waals surface area contributed by atoms with Crippen molar-refractivity contribution in [2.45, 2.75) is 33.4 Å². The molecule has 0 aliphatic carbocycles. The monoisotopic (exact) mass is 393 g/mol.